The minimum absolute atomic E-state index is 0.289. The number of ether oxygens (including phenoxy) is 3. The van der Waals surface area contributed by atoms with Crippen molar-refractivity contribution in [3.63, 3.8) is 0 Å². The lowest BCUT2D eigenvalue weighted by molar-refractivity contribution is -0.00691. The summed E-state index contributed by atoms with van der Waals surface area (Å²) in [7, 11) is 0. The number of rotatable bonds is 0. The molecule has 1 unspecified atom stereocenters. The largest absolute Gasteiger partial charge is 0.464 e. The summed E-state index contributed by atoms with van der Waals surface area (Å²) < 4.78 is 15.7. The molecule has 56 valence electrons. The smallest absolute Gasteiger partial charge is 0.332 e. The van der Waals surface area contributed by atoms with Gasteiger partial charge in [-0.1, -0.05) is 12.2 Å². The lowest BCUT2D eigenvalue weighted by atomic mass is 10.3. The molecule has 3 nitrogen and oxygen atoms in total. The Labute approximate surface area is 63.5 Å². The molecule has 2 heterocycles. The van der Waals surface area contributed by atoms with Crippen LogP contribution in [-0.2, 0) is 14.2 Å². The third-order valence-corrected chi connectivity index (χ3v) is 1.94. The van der Waals surface area contributed by atoms with Gasteiger partial charge in [0.05, 0.1) is 0 Å². The van der Waals surface area contributed by atoms with Crippen LogP contribution in [0.15, 0.2) is 35.8 Å². The maximum absolute atomic E-state index is 5.28. The molecule has 0 aromatic rings. The summed E-state index contributed by atoms with van der Waals surface area (Å²) in [5.74, 6) is 0.983. The molecule has 3 rings (SSSR count). The summed E-state index contributed by atoms with van der Waals surface area (Å²) >= 11 is 0. The second kappa shape index (κ2) is 1.51. The van der Waals surface area contributed by atoms with E-state index in [2.05, 4.69) is 0 Å². The molecule has 3 heteroatoms. The fourth-order valence-corrected chi connectivity index (χ4v) is 1.33. The van der Waals surface area contributed by atoms with Crippen molar-refractivity contribution in [1.29, 1.82) is 0 Å². The van der Waals surface area contributed by atoms with Crippen molar-refractivity contribution in [1.82, 2.24) is 0 Å². The van der Waals surface area contributed by atoms with E-state index in [1.807, 2.05) is 24.3 Å². The fraction of sp³-hybridized carbons (Fsp3) is 0.250. The number of hydrogen-bond acceptors (Lipinski definition) is 3. The fourth-order valence-electron chi connectivity index (χ4n) is 1.33. The van der Waals surface area contributed by atoms with Crippen LogP contribution in [0.3, 0.4) is 0 Å². The van der Waals surface area contributed by atoms with Gasteiger partial charge in [0.1, 0.15) is 0 Å². The third kappa shape index (κ3) is 0.523. The Balaban J connectivity index is 2.16. The number of allylic oxidation sites excluding steroid dienone is 4. The average Bonchev–Trinajstić information content (AvgIpc) is 2.58. The van der Waals surface area contributed by atoms with Crippen LogP contribution in [-0.4, -0.2) is 12.6 Å². The minimum Gasteiger partial charge on any atom is -0.464 e. The van der Waals surface area contributed by atoms with Crippen molar-refractivity contribution in [2.45, 2.75) is 5.79 Å². The van der Waals surface area contributed by atoms with Crippen LogP contribution in [0.5, 0.6) is 0 Å². The highest BCUT2D eigenvalue weighted by Gasteiger charge is 2.63. The summed E-state index contributed by atoms with van der Waals surface area (Å²) in [6.45, 7) is 0.289. The molecule has 1 atom stereocenters. The molecule has 0 amide bonds. The molecule has 2 aliphatic heterocycles. The molecule has 1 spiro atoms. The summed E-state index contributed by atoms with van der Waals surface area (Å²) in [6.07, 6.45) is 7.57. The van der Waals surface area contributed by atoms with Crippen LogP contribution in [0.25, 0.3) is 0 Å². The zero-order valence-electron chi connectivity index (χ0n) is 5.74. The molecule has 0 aromatic carbocycles. The molecule has 2 saturated heterocycles. The summed E-state index contributed by atoms with van der Waals surface area (Å²) in [5, 5.41) is 0. The van der Waals surface area contributed by atoms with Gasteiger partial charge < -0.3 is 9.47 Å². The first-order valence-electron chi connectivity index (χ1n) is 3.47. The summed E-state index contributed by atoms with van der Waals surface area (Å²) in [4.78, 5) is 0. The Bertz CT molecular complexity index is 300. The molecule has 0 N–H and O–H groups in total. The van der Waals surface area contributed by atoms with Crippen molar-refractivity contribution in [3.8, 4) is 0 Å². The number of hydrogen-bond donors (Lipinski definition) is 0. The highest BCUT2D eigenvalue weighted by Crippen LogP contribution is 2.52. The Morgan fingerprint density at radius 3 is 2.91 bits per heavy atom. The molecule has 0 saturated carbocycles. The van der Waals surface area contributed by atoms with Crippen molar-refractivity contribution >= 4 is 0 Å². The zero-order valence-corrected chi connectivity index (χ0v) is 5.74. The van der Waals surface area contributed by atoms with Gasteiger partial charge in [-0.3, -0.25) is 4.74 Å². The van der Waals surface area contributed by atoms with Crippen LogP contribution in [0, 0.1) is 0 Å². The van der Waals surface area contributed by atoms with Gasteiger partial charge in [0.2, 0.25) is 0 Å². The quantitative estimate of drug-likeness (QED) is 0.484. The molecule has 1 aliphatic carbocycles. The summed E-state index contributed by atoms with van der Waals surface area (Å²) in [6, 6.07) is 0. The van der Waals surface area contributed by atoms with Crippen LogP contribution in [0.2, 0.25) is 0 Å². The van der Waals surface area contributed by atoms with Gasteiger partial charge in [0.15, 0.2) is 18.3 Å². The molecule has 0 aromatic heterocycles. The van der Waals surface area contributed by atoms with Gasteiger partial charge in [0, 0.05) is 0 Å². The lowest BCUT2D eigenvalue weighted by Crippen LogP contribution is -2.08. The molecule has 0 bridgehead atoms. The maximum atomic E-state index is 5.28. The van der Waals surface area contributed by atoms with Crippen LogP contribution < -0.4 is 0 Å². The molecular formula is C8H6O3. The minimum atomic E-state index is -0.622. The van der Waals surface area contributed by atoms with E-state index in [0.717, 1.165) is 11.5 Å². The van der Waals surface area contributed by atoms with Crippen molar-refractivity contribution < 1.29 is 14.2 Å². The lowest BCUT2D eigenvalue weighted by Gasteiger charge is -1.95. The summed E-state index contributed by atoms with van der Waals surface area (Å²) in [5.41, 5.74) is 0. The van der Waals surface area contributed by atoms with Gasteiger partial charge in [-0.05, 0) is 12.2 Å². The standard InChI is InChI=1S/C8H6O3/c1-2-4-7-8(11-7)6(3-1)9-5-10-8/h1-4H,5H2. The average molecular weight is 150 g/mol. The highest BCUT2D eigenvalue weighted by atomic mass is 16.9. The van der Waals surface area contributed by atoms with E-state index in [9.17, 15) is 0 Å². The monoisotopic (exact) mass is 150 g/mol. The second-order valence-electron chi connectivity index (χ2n) is 2.57. The van der Waals surface area contributed by atoms with Gasteiger partial charge in [0.25, 0.3) is 0 Å². The first kappa shape index (κ1) is 5.43. The molecule has 3 aliphatic rings. The first-order chi connectivity index (χ1) is 5.42. The molecule has 0 radical (unpaired) electrons. The van der Waals surface area contributed by atoms with E-state index < -0.39 is 5.79 Å². The third-order valence-electron chi connectivity index (χ3n) is 1.94. The van der Waals surface area contributed by atoms with E-state index >= 15 is 0 Å². The molecule has 11 heavy (non-hydrogen) atoms. The van der Waals surface area contributed by atoms with Crippen LogP contribution >= 0.6 is 0 Å². The predicted octanol–water partition coefficient (Wildman–Crippen LogP) is 1.05. The van der Waals surface area contributed by atoms with E-state index in [1.165, 1.54) is 0 Å². The second-order valence-corrected chi connectivity index (χ2v) is 2.57. The number of epoxide rings is 1. The van der Waals surface area contributed by atoms with E-state index in [-0.39, 0.29) is 6.79 Å². The Morgan fingerprint density at radius 2 is 2.00 bits per heavy atom. The van der Waals surface area contributed by atoms with Gasteiger partial charge in [-0.15, -0.1) is 0 Å². The predicted molar refractivity (Wildman–Crippen MR) is 36.2 cm³/mol. The Hall–Kier alpha value is -1.22. The van der Waals surface area contributed by atoms with Crippen molar-refractivity contribution in [2.24, 2.45) is 0 Å². The van der Waals surface area contributed by atoms with Crippen LogP contribution in [0.4, 0.5) is 0 Å². The van der Waals surface area contributed by atoms with Gasteiger partial charge in [-0.25, -0.2) is 0 Å². The first-order valence-corrected chi connectivity index (χ1v) is 3.47. The Kier molecular flexibility index (Phi) is 0.744. The van der Waals surface area contributed by atoms with E-state index in [4.69, 9.17) is 14.2 Å². The molecule has 2 fully saturated rings. The topological polar surface area (TPSA) is 31.0 Å². The SMILES string of the molecule is C1=CC=C2OC23OCOC3=C1. The van der Waals surface area contributed by atoms with E-state index in [1.54, 1.807) is 0 Å². The maximum Gasteiger partial charge on any atom is 0.332 e. The zero-order chi connectivity index (χ0) is 7.31. The highest BCUT2D eigenvalue weighted by molar-refractivity contribution is 5.41. The normalized spacial score (nSPS) is 37.1. The molecular weight excluding hydrogens is 144 g/mol. The van der Waals surface area contributed by atoms with Gasteiger partial charge >= 0.3 is 5.79 Å². The van der Waals surface area contributed by atoms with Crippen LogP contribution in [0.1, 0.15) is 0 Å². The van der Waals surface area contributed by atoms with Crippen molar-refractivity contribution in [2.75, 3.05) is 6.79 Å². The van der Waals surface area contributed by atoms with Crippen molar-refractivity contribution in [3.05, 3.63) is 35.8 Å². The Morgan fingerprint density at radius 1 is 1.18 bits per heavy atom. The van der Waals surface area contributed by atoms with Gasteiger partial charge in [-0.2, -0.15) is 0 Å². The van der Waals surface area contributed by atoms with E-state index in [0.29, 0.717) is 0 Å².